The van der Waals surface area contributed by atoms with Crippen molar-refractivity contribution in [2.24, 2.45) is 0 Å². The lowest BCUT2D eigenvalue weighted by molar-refractivity contribution is 0.112. The summed E-state index contributed by atoms with van der Waals surface area (Å²) in [5.74, 6) is 5.90. The number of benzene rings is 2. The fourth-order valence-corrected chi connectivity index (χ4v) is 1.39. The molecule has 17 heavy (non-hydrogen) atoms. The number of aldehydes is 1. The number of phenols is 1. The van der Waals surface area contributed by atoms with Gasteiger partial charge in [0.05, 0.1) is 5.56 Å². The molecule has 2 heteroatoms. The summed E-state index contributed by atoms with van der Waals surface area (Å²) in [7, 11) is 0. The van der Waals surface area contributed by atoms with Crippen molar-refractivity contribution in [2.45, 2.75) is 0 Å². The van der Waals surface area contributed by atoms with Crippen molar-refractivity contribution >= 4 is 6.29 Å². The maximum Gasteiger partial charge on any atom is 0.153 e. The highest BCUT2D eigenvalue weighted by Gasteiger charge is 1.99. The number of phenolic OH excluding ortho intramolecular Hbond substituents is 1. The van der Waals surface area contributed by atoms with Gasteiger partial charge in [-0.2, -0.15) is 0 Å². The van der Waals surface area contributed by atoms with Gasteiger partial charge in [-0.05, 0) is 30.3 Å². The Morgan fingerprint density at radius 1 is 0.941 bits per heavy atom. The lowest BCUT2D eigenvalue weighted by Gasteiger charge is -1.96. The molecule has 0 fully saturated rings. The van der Waals surface area contributed by atoms with E-state index in [-0.39, 0.29) is 11.3 Å². The van der Waals surface area contributed by atoms with Crippen molar-refractivity contribution in [2.75, 3.05) is 0 Å². The van der Waals surface area contributed by atoms with Crippen molar-refractivity contribution in [3.63, 3.8) is 0 Å². The van der Waals surface area contributed by atoms with E-state index in [2.05, 4.69) is 11.8 Å². The lowest BCUT2D eigenvalue weighted by Crippen LogP contribution is -1.83. The zero-order chi connectivity index (χ0) is 12.1. The molecule has 0 saturated carbocycles. The molecule has 0 radical (unpaired) electrons. The van der Waals surface area contributed by atoms with E-state index in [9.17, 15) is 9.90 Å². The summed E-state index contributed by atoms with van der Waals surface area (Å²) in [6.07, 6.45) is 0.614. The Morgan fingerprint density at radius 2 is 1.65 bits per heavy atom. The molecule has 2 nitrogen and oxygen atoms in total. The molecule has 2 aromatic carbocycles. The molecule has 1 N–H and O–H groups in total. The molecule has 2 rings (SSSR count). The van der Waals surface area contributed by atoms with Gasteiger partial charge in [-0.3, -0.25) is 4.79 Å². The van der Waals surface area contributed by atoms with Crippen LogP contribution in [-0.4, -0.2) is 11.4 Å². The SMILES string of the molecule is O=Cc1cc(C#Cc2ccccc2)ccc1O. The molecule has 82 valence electrons. The molecule has 0 unspecified atom stereocenters. The van der Waals surface area contributed by atoms with Crippen LogP contribution in [0, 0.1) is 11.8 Å². The quantitative estimate of drug-likeness (QED) is 0.595. The van der Waals surface area contributed by atoms with Crippen LogP contribution in [0.3, 0.4) is 0 Å². The molecule has 0 amide bonds. The van der Waals surface area contributed by atoms with Crippen LogP contribution in [0.4, 0.5) is 0 Å². The Balaban J connectivity index is 2.31. The second-order valence-corrected chi connectivity index (χ2v) is 3.51. The Bertz CT molecular complexity index is 589. The average molecular weight is 222 g/mol. The normalized spacial score (nSPS) is 9.18. The molecule has 0 atom stereocenters. The summed E-state index contributed by atoms with van der Waals surface area (Å²) in [6, 6.07) is 14.3. The van der Waals surface area contributed by atoms with Crippen molar-refractivity contribution in [1.82, 2.24) is 0 Å². The predicted octanol–water partition coefficient (Wildman–Crippen LogP) is 2.60. The third-order valence-electron chi connectivity index (χ3n) is 2.28. The van der Waals surface area contributed by atoms with E-state index in [1.54, 1.807) is 12.1 Å². The van der Waals surface area contributed by atoms with Crippen LogP contribution in [-0.2, 0) is 0 Å². The molecule has 2 aromatic rings. The van der Waals surface area contributed by atoms with Crippen molar-refractivity contribution in [1.29, 1.82) is 0 Å². The second-order valence-electron chi connectivity index (χ2n) is 3.51. The molecule has 0 aromatic heterocycles. The van der Waals surface area contributed by atoms with Crippen molar-refractivity contribution in [3.8, 4) is 17.6 Å². The maximum atomic E-state index is 10.6. The van der Waals surface area contributed by atoms with Gasteiger partial charge in [-0.25, -0.2) is 0 Å². The number of carbonyl (C=O) groups is 1. The summed E-state index contributed by atoms with van der Waals surface area (Å²) < 4.78 is 0. The summed E-state index contributed by atoms with van der Waals surface area (Å²) >= 11 is 0. The molecule has 0 spiro atoms. The predicted molar refractivity (Wildman–Crippen MR) is 65.9 cm³/mol. The molecule has 0 aliphatic heterocycles. The second kappa shape index (κ2) is 5.00. The minimum atomic E-state index is -0.0229. The highest BCUT2D eigenvalue weighted by molar-refractivity contribution is 5.79. The first kappa shape index (κ1) is 11.0. The standard InChI is InChI=1S/C15H10O2/c16-11-14-10-13(8-9-15(14)17)7-6-12-4-2-1-3-5-12/h1-5,8-11,17H. The van der Waals surface area contributed by atoms with Gasteiger partial charge in [0.15, 0.2) is 6.29 Å². The van der Waals surface area contributed by atoms with Crippen LogP contribution in [0.15, 0.2) is 48.5 Å². The van der Waals surface area contributed by atoms with E-state index in [0.717, 1.165) is 5.56 Å². The van der Waals surface area contributed by atoms with Crippen LogP contribution in [0.1, 0.15) is 21.5 Å². The third-order valence-corrected chi connectivity index (χ3v) is 2.28. The first-order valence-electron chi connectivity index (χ1n) is 5.15. The summed E-state index contributed by atoms with van der Waals surface area (Å²) in [6.45, 7) is 0. The Morgan fingerprint density at radius 3 is 2.35 bits per heavy atom. The van der Waals surface area contributed by atoms with E-state index in [0.29, 0.717) is 11.8 Å². The molecular formula is C15H10O2. The van der Waals surface area contributed by atoms with Gasteiger partial charge in [0, 0.05) is 11.1 Å². The molecule has 0 bridgehead atoms. The van der Waals surface area contributed by atoms with Crippen molar-refractivity contribution < 1.29 is 9.90 Å². The smallest absolute Gasteiger partial charge is 0.153 e. The monoisotopic (exact) mass is 222 g/mol. The minimum Gasteiger partial charge on any atom is -0.507 e. The zero-order valence-electron chi connectivity index (χ0n) is 9.05. The first-order valence-corrected chi connectivity index (χ1v) is 5.15. The maximum absolute atomic E-state index is 10.6. The topological polar surface area (TPSA) is 37.3 Å². The van der Waals surface area contributed by atoms with Crippen LogP contribution >= 0.6 is 0 Å². The first-order chi connectivity index (χ1) is 8.29. The van der Waals surface area contributed by atoms with Gasteiger partial charge >= 0.3 is 0 Å². The highest BCUT2D eigenvalue weighted by Crippen LogP contribution is 2.15. The van der Waals surface area contributed by atoms with Crippen LogP contribution in [0.2, 0.25) is 0 Å². The Labute approximate surface area is 99.5 Å². The van der Waals surface area contributed by atoms with E-state index >= 15 is 0 Å². The molecular weight excluding hydrogens is 212 g/mol. The Kier molecular flexibility index (Phi) is 3.23. The zero-order valence-corrected chi connectivity index (χ0v) is 9.05. The summed E-state index contributed by atoms with van der Waals surface area (Å²) in [5.41, 5.74) is 1.87. The fourth-order valence-electron chi connectivity index (χ4n) is 1.39. The largest absolute Gasteiger partial charge is 0.507 e. The number of hydrogen-bond donors (Lipinski definition) is 1. The van der Waals surface area contributed by atoms with E-state index < -0.39 is 0 Å². The van der Waals surface area contributed by atoms with Crippen LogP contribution in [0.25, 0.3) is 0 Å². The van der Waals surface area contributed by atoms with E-state index in [1.165, 1.54) is 6.07 Å². The van der Waals surface area contributed by atoms with E-state index in [1.807, 2.05) is 30.3 Å². The van der Waals surface area contributed by atoms with Gasteiger partial charge in [0.1, 0.15) is 5.75 Å². The van der Waals surface area contributed by atoms with Gasteiger partial charge in [0.2, 0.25) is 0 Å². The molecule has 0 saturated heterocycles. The average Bonchev–Trinajstić information content (AvgIpc) is 2.39. The van der Waals surface area contributed by atoms with Gasteiger partial charge in [-0.15, -0.1) is 0 Å². The van der Waals surface area contributed by atoms with E-state index in [4.69, 9.17) is 0 Å². The summed E-state index contributed by atoms with van der Waals surface area (Å²) in [4.78, 5) is 10.6. The number of aromatic hydroxyl groups is 1. The van der Waals surface area contributed by atoms with Crippen LogP contribution < -0.4 is 0 Å². The number of hydrogen-bond acceptors (Lipinski definition) is 2. The minimum absolute atomic E-state index is 0.0229. The van der Waals surface area contributed by atoms with Gasteiger partial charge in [-0.1, -0.05) is 30.0 Å². The lowest BCUT2D eigenvalue weighted by atomic mass is 10.1. The highest BCUT2D eigenvalue weighted by atomic mass is 16.3. The van der Waals surface area contributed by atoms with Crippen molar-refractivity contribution in [3.05, 3.63) is 65.2 Å². The van der Waals surface area contributed by atoms with Crippen LogP contribution in [0.5, 0.6) is 5.75 Å². The molecule has 0 heterocycles. The molecule has 0 aliphatic carbocycles. The van der Waals surface area contributed by atoms with Gasteiger partial charge in [0.25, 0.3) is 0 Å². The molecule has 0 aliphatic rings. The Hall–Kier alpha value is -2.53. The third kappa shape index (κ3) is 2.73. The number of carbonyl (C=O) groups excluding carboxylic acids is 1. The summed E-state index contributed by atoms with van der Waals surface area (Å²) in [5, 5.41) is 9.34. The fraction of sp³-hybridized carbons (Fsp3) is 0. The number of rotatable bonds is 1. The van der Waals surface area contributed by atoms with Gasteiger partial charge < -0.3 is 5.11 Å².